The predicted octanol–water partition coefficient (Wildman–Crippen LogP) is 0.708. The van der Waals surface area contributed by atoms with Crippen molar-refractivity contribution in [2.24, 2.45) is 0 Å². The van der Waals surface area contributed by atoms with Gasteiger partial charge in [-0.25, -0.2) is 4.68 Å². The molecule has 0 aromatic carbocycles. The zero-order valence-corrected chi connectivity index (χ0v) is 12.2. The summed E-state index contributed by atoms with van der Waals surface area (Å²) in [6, 6.07) is 0.757. The maximum atomic E-state index is 4.21. The number of aromatic nitrogens is 4. The van der Waals surface area contributed by atoms with Gasteiger partial charge in [0.05, 0.1) is 12.1 Å². The van der Waals surface area contributed by atoms with Crippen LogP contribution in [-0.2, 0) is 12.1 Å². The fourth-order valence-electron chi connectivity index (χ4n) is 3.22. The smallest absolute Gasteiger partial charge is 0.165 e. The van der Waals surface area contributed by atoms with Gasteiger partial charge >= 0.3 is 0 Å². The van der Waals surface area contributed by atoms with E-state index in [4.69, 9.17) is 0 Å². The lowest BCUT2D eigenvalue weighted by Crippen LogP contribution is -2.50. The number of nitrogens with zero attached hydrogens (tertiary/aromatic N) is 6. The topological polar surface area (TPSA) is 50.1 Å². The molecule has 2 aliphatic rings. The predicted molar refractivity (Wildman–Crippen MR) is 72.7 cm³/mol. The van der Waals surface area contributed by atoms with Gasteiger partial charge in [0.25, 0.3) is 0 Å². The highest BCUT2D eigenvalue weighted by molar-refractivity contribution is 4.92. The Morgan fingerprint density at radius 1 is 1.21 bits per heavy atom. The molecule has 3 heterocycles. The molecule has 0 spiro atoms. The molecule has 0 N–H and O–H groups in total. The fraction of sp³-hybridized carbons (Fsp3) is 0.923. The van der Waals surface area contributed by atoms with Gasteiger partial charge < -0.3 is 0 Å². The van der Waals surface area contributed by atoms with E-state index < -0.39 is 0 Å². The number of piperazine rings is 1. The standard InChI is InChI=1S/C13H24N6/c1-13(2,3)19-12(14-15-16-19)10-17-7-8-18-6-4-5-11(18)9-17/h11H,4-10H2,1-3H3/t11-/m1/s1. The maximum absolute atomic E-state index is 4.21. The Morgan fingerprint density at radius 3 is 2.84 bits per heavy atom. The molecule has 2 aliphatic heterocycles. The molecule has 0 unspecified atom stereocenters. The van der Waals surface area contributed by atoms with Crippen molar-refractivity contribution in [1.82, 2.24) is 30.0 Å². The molecule has 1 aromatic heterocycles. The van der Waals surface area contributed by atoms with Crippen LogP contribution in [0.2, 0.25) is 0 Å². The second-order valence-corrected chi connectivity index (χ2v) is 6.74. The van der Waals surface area contributed by atoms with Crippen LogP contribution in [-0.4, -0.2) is 62.2 Å². The monoisotopic (exact) mass is 264 g/mol. The third kappa shape index (κ3) is 2.65. The summed E-state index contributed by atoms with van der Waals surface area (Å²) in [5, 5.41) is 12.2. The molecule has 0 aliphatic carbocycles. The number of tetrazole rings is 1. The summed E-state index contributed by atoms with van der Waals surface area (Å²) < 4.78 is 1.95. The SMILES string of the molecule is CC(C)(C)n1nnnc1CN1CCN2CCC[C@@H]2C1. The van der Waals surface area contributed by atoms with Crippen LogP contribution in [0.5, 0.6) is 0 Å². The van der Waals surface area contributed by atoms with E-state index in [2.05, 4.69) is 46.1 Å². The highest BCUT2D eigenvalue weighted by atomic mass is 15.6. The normalized spacial score (nSPS) is 25.7. The molecule has 0 radical (unpaired) electrons. The van der Waals surface area contributed by atoms with E-state index >= 15 is 0 Å². The van der Waals surface area contributed by atoms with Gasteiger partial charge in [-0.3, -0.25) is 9.80 Å². The number of hydrogen-bond acceptors (Lipinski definition) is 5. The van der Waals surface area contributed by atoms with Crippen molar-refractivity contribution in [3.63, 3.8) is 0 Å². The molecule has 106 valence electrons. The summed E-state index contributed by atoms with van der Waals surface area (Å²) in [6.45, 7) is 12.1. The van der Waals surface area contributed by atoms with Crippen LogP contribution >= 0.6 is 0 Å². The second kappa shape index (κ2) is 4.83. The molecule has 19 heavy (non-hydrogen) atoms. The van der Waals surface area contributed by atoms with Crippen LogP contribution < -0.4 is 0 Å². The van der Waals surface area contributed by atoms with Crippen LogP contribution in [0, 0.1) is 0 Å². The molecule has 2 fully saturated rings. The van der Waals surface area contributed by atoms with Crippen LogP contribution in [0.4, 0.5) is 0 Å². The molecule has 0 saturated carbocycles. The van der Waals surface area contributed by atoms with E-state index in [1.54, 1.807) is 0 Å². The summed E-state index contributed by atoms with van der Waals surface area (Å²) in [4.78, 5) is 5.13. The number of hydrogen-bond donors (Lipinski definition) is 0. The van der Waals surface area contributed by atoms with E-state index in [1.165, 1.54) is 25.9 Å². The molecule has 1 aromatic rings. The van der Waals surface area contributed by atoms with Crippen molar-refractivity contribution in [2.45, 2.75) is 51.7 Å². The molecule has 6 heteroatoms. The van der Waals surface area contributed by atoms with Crippen LogP contribution in [0.25, 0.3) is 0 Å². The lowest BCUT2D eigenvalue weighted by atomic mass is 10.1. The average molecular weight is 264 g/mol. The summed E-state index contributed by atoms with van der Waals surface area (Å²) >= 11 is 0. The quantitative estimate of drug-likeness (QED) is 0.787. The zero-order chi connectivity index (χ0) is 13.5. The summed E-state index contributed by atoms with van der Waals surface area (Å²) in [6.07, 6.45) is 2.71. The first-order valence-electron chi connectivity index (χ1n) is 7.28. The molecule has 0 amide bonds. The van der Waals surface area contributed by atoms with Crippen molar-refractivity contribution in [3.05, 3.63) is 5.82 Å². The first-order valence-corrected chi connectivity index (χ1v) is 7.28. The van der Waals surface area contributed by atoms with E-state index in [1.807, 2.05) is 4.68 Å². The molecule has 6 nitrogen and oxygen atoms in total. The second-order valence-electron chi connectivity index (χ2n) is 6.74. The van der Waals surface area contributed by atoms with E-state index in [-0.39, 0.29) is 5.54 Å². The van der Waals surface area contributed by atoms with E-state index in [0.29, 0.717) is 0 Å². The van der Waals surface area contributed by atoms with Gasteiger partial charge in [0.1, 0.15) is 0 Å². The van der Waals surface area contributed by atoms with Crippen LogP contribution in [0.1, 0.15) is 39.4 Å². The Kier molecular flexibility index (Phi) is 3.30. The minimum absolute atomic E-state index is 0.0476. The average Bonchev–Trinajstić information content (AvgIpc) is 2.95. The first kappa shape index (κ1) is 13.0. The van der Waals surface area contributed by atoms with Crippen molar-refractivity contribution >= 4 is 0 Å². The molecular weight excluding hydrogens is 240 g/mol. The molecular formula is C13H24N6. The van der Waals surface area contributed by atoms with Gasteiger partial charge in [0.2, 0.25) is 0 Å². The molecule has 1 atom stereocenters. The van der Waals surface area contributed by atoms with E-state index in [9.17, 15) is 0 Å². The number of fused-ring (bicyclic) bond motifs is 1. The van der Waals surface area contributed by atoms with Gasteiger partial charge in [-0.15, -0.1) is 5.10 Å². The third-order valence-corrected chi connectivity index (χ3v) is 4.21. The largest absolute Gasteiger partial charge is 0.298 e. The third-order valence-electron chi connectivity index (χ3n) is 4.21. The minimum Gasteiger partial charge on any atom is -0.298 e. The highest BCUT2D eigenvalue weighted by Crippen LogP contribution is 2.22. The summed E-state index contributed by atoms with van der Waals surface area (Å²) in [5.41, 5.74) is -0.0476. The Balaban J connectivity index is 1.67. The van der Waals surface area contributed by atoms with Crippen molar-refractivity contribution in [3.8, 4) is 0 Å². The van der Waals surface area contributed by atoms with Crippen molar-refractivity contribution in [1.29, 1.82) is 0 Å². The van der Waals surface area contributed by atoms with Crippen molar-refractivity contribution in [2.75, 3.05) is 26.2 Å². The van der Waals surface area contributed by atoms with Gasteiger partial charge in [-0.05, 0) is 50.6 Å². The van der Waals surface area contributed by atoms with Gasteiger partial charge in [0.15, 0.2) is 5.82 Å². The van der Waals surface area contributed by atoms with Crippen molar-refractivity contribution < 1.29 is 0 Å². The maximum Gasteiger partial charge on any atom is 0.165 e. The minimum atomic E-state index is -0.0476. The van der Waals surface area contributed by atoms with Crippen LogP contribution in [0.15, 0.2) is 0 Å². The Bertz CT molecular complexity index is 435. The lowest BCUT2D eigenvalue weighted by molar-refractivity contribution is 0.0948. The molecule has 3 rings (SSSR count). The zero-order valence-electron chi connectivity index (χ0n) is 12.2. The molecule has 0 bridgehead atoms. The molecule has 2 saturated heterocycles. The Hall–Kier alpha value is -1.01. The van der Waals surface area contributed by atoms with E-state index in [0.717, 1.165) is 31.5 Å². The summed E-state index contributed by atoms with van der Waals surface area (Å²) in [7, 11) is 0. The first-order chi connectivity index (χ1) is 9.04. The van der Waals surface area contributed by atoms with Gasteiger partial charge in [-0.1, -0.05) is 0 Å². The van der Waals surface area contributed by atoms with Crippen LogP contribution in [0.3, 0.4) is 0 Å². The lowest BCUT2D eigenvalue weighted by Gasteiger charge is -2.37. The van der Waals surface area contributed by atoms with Gasteiger partial charge in [-0.2, -0.15) is 0 Å². The fourth-order valence-corrected chi connectivity index (χ4v) is 3.22. The highest BCUT2D eigenvalue weighted by Gasteiger charge is 2.31. The van der Waals surface area contributed by atoms with Gasteiger partial charge in [0, 0.05) is 25.7 Å². The number of rotatable bonds is 2. The Morgan fingerprint density at radius 2 is 2.05 bits per heavy atom. The Labute approximate surface area is 114 Å². The summed E-state index contributed by atoms with van der Waals surface area (Å²) in [5.74, 6) is 0.985.